The highest BCUT2D eigenvalue weighted by Crippen LogP contribution is 2.16. The molecule has 1 fully saturated rings. The van der Waals surface area contributed by atoms with Crippen LogP contribution in [0.15, 0.2) is 29.2 Å². The molecule has 2 N–H and O–H groups in total. The predicted molar refractivity (Wildman–Crippen MR) is 76.6 cm³/mol. The summed E-state index contributed by atoms with van der Waals surface area (Å²) in [6.45, 7) is 2.42. The summed E-state index contributed by atoms with van der Waals surface area (Å²) in [5.41, 5.74) is 0.180. The fourth-order valence-electron chi connectivity index (χ4n) is 2.44. The number of nitrogens with zero attached hydrogens (tertiary/aromatic N) is 1. The molecule has 1 aromatic carbocycles. The lowest BCUT2D eigenvalue weighted by molar-refractivity contribution is 0.358. The number of benzene rings is 1. The average molecular weight is 293 g/mol. The molecule has 5 nitrogen and oxygen atoms in total. The van der Waals surface area contributed by atoms with Gasteiger partial charge in [-0.25, -0.2) is 13.1 Å². The van der Waals surface area contributed by atoms with Crippen LogP contribution in [0.3, 0.4) is 0 Å². The molecule has 0 spiro atoms. The largest absolute Gasteiger partial charge is 0.316 e. The van der Waals surface area contributed by atoms with Gasteiger partial charge in [-0.2, -0.15) is 5.26 Å². The first kappa shape index (κ1) is 15.0. The Balaban J connectivity index is 1.95. The lowest BCUT2D eigenvalue weighted by Gasteiger charge is -2.22. The van der Waals surface area contributed by atoms with E-state index in [1.165, 1.54) is 12.1 Å². The number of piperidine rings is 1. The molecule has 1 aliphatic rings. The summed E-state index contributed by atoms with van der Waals surface area (Å²) in [7, 11) is -3.60. The molecule has 1 atom stereocenters. The Morgan fingerprint density at radius 2 is 2.20 bits per heavy atom. The lowest BCUT2D eigenvalue weighted by Crippen LogP contribution is -2.33. The molecule has 2 rings (SSSR count). The van der Waals surface area contributed by atoms with Crippen LogP contribution in [0.2, 0.25) is 0 Å². The van der Waals surface area contributed by atoms with Crippen LogP contribution in [0.4, 0.5) is 0 Å². The van der Waals surface area contributed by atoms with Crippen molar-refractivity contribution in [1.29, 1.82) is 5.26 Å². The molecule has 6 heteroatoms. The fraction of sp³-hybridized carbons (Fsp3) is 0.500. The summed E-state index contributed by atoms with van der Waals surface area (Å²) < 4.78 is 26.9. The summed E-state index contributed by atoms with van der Waals surface area (Å²) in [6.07, 6.45) is 3.11. The third kappa shape index (κ3) is 3.79. The Morgan fingerprint density at radius 3 is 2.90 bits per heavy atom. The van der Waals surface area contributed by atoms with Gasteiger partial charge in [0.1, 0.15) is 6.07 Å². The van der Waals surface area contributed by atoms with E-state index in [-0.39, 0.29) is 10.5 Å². The van der Waals surface area contributed by atoms with Crippen LogP contribution in [-0.4, -0.2) is 28.1 Å². The molecule has 20 heavy (non-hydrogen) atoms. The normalized spacial score (nSPS) is 19.4. The molecular formula is C14H19N3O2S. The van der Waals surface area contributed by atoms with Gasteiger partial charge in [0.25, 0.3) is 0 Å². The first-order valence-electron chi connectivity index (χ1n) is 6.83. The van der Waals surface area contributed by atoms with Crippen LogP contribution in [0.25, 0.3) is 0 Å². The van der Waals surface area contributed by atoms with Crippen molar-refractivity contribution in [3.63, 3.8) is 0 Å². The monoisotopic (exact) mass is 293 g/mol. The van der Waals surface area contributed by atoms with Crippen molar-refractivity contribution in [3.05, 3.63) is 29.8 Å². The second-order valence-corrected chi connectivity index (χ2v) is 6.74. The predicted octanol–water partition coefficient (Wildman–Crippen LogP) is 1.23. The summed E-state index contributed by atoms with van der Waals surface area (Å²) >= 11 is 0. The van der Waals surface area contributed by atoms with Crippen molar-refractivity contribution in [2.24, 2.45) is 5.92 Å². The summed E-state index contributed by atoms with van der Waals surface area (Å²) in [5.74, 6) is 0.526. The molecule has 0 saturated carbocycles. The minimum absolute atomic E-state index is 0.0595. The smallest absolute Gasteiger partial charge is 0.241 e. The molecule has 1 unspecified atom stereocenters. The average Bonchev–Trinajstić information content (AvgIpc) is 2.48. The summed E-state index contributed by atoms with van der Waals surface area (Å²) in [5, 5.41) is 12.3. The Bertz CT molecular complexity index is 587. The number of nitrogens with one attached hydrogen (secondary N) is 2. The van der Waals surface area contributed by atoms with Gasteiger partial charge < -0.3 is 5.32 Å². The van der Waals surface area contributed by atoms with E-state index in [9.17, 15) is 8.42 Å². The van der Waals surface area contributed by atoms with Gasteiger partial charge in [0.05, 0.1) is 10.5 Å². The third-order valence-electron chi connectivity index (χ3n) is 3.54. The lowest BCUT2D eigenvalue weighted by atomic mass is 9.96. The zero-order valence-electron chi connectivity index (χ0n) is 11.3. The summed E-state index contributed by atoms with van der Waals surface area (Å²) in [6, 6.07) is 8.17. The molecule has 0 aromatic heterocycles. The van der Waals surface area contributed by atoms with Gasteiger partial charge in [-0.1, -0.05) is 12.1 Å². The second kappa shape index (κ2) is 6.84. The molecule has 0 amide bonds. The van der Waals surface area contributed by atoms with Gasteiger partial charge in [0, 0.05) is 6.54 Å². The van der Waals surface area contributed by atoms with E-state index >= 15 is 0 Å². The zero-order chi connectivity index (χ0) is 14.4. The highest BCUT2D eigenvalue weighted by atomic mass is 32.2. The highest BCUT2D eigenvalue weighted by Gasteiger charge is 2.19. The minimum Gasteiger partial charge on any atom is -0.316 e. The van der Waals surface area contributed by atoms with E-state index in [0.717, 1.165) is 32.4 Å². The van der Waals surface area contributed by atoms with Crippen LogP contribution in [-0.2, 0) is 10.0 Å². The SMILES string of the molecule is N#Cc1ccccc1S(=O)(=O)NCCC1CCCNC1. The van der Waals surface area contributed by atoms with Crippen LogP contribution in [0.5, 0.6) is 0 Å². The molecule has 0 aliphatic carbocycles. The molecule has 1 saturated heterocycles. The zero-order valence-corrected chi connectivity index (χ0v) is 12.1. The number of hydrogen-bond donors (Lipinski definition) is 2. The Morgan fingerprint density at radius 1 is 1.40 bits per heavy atom. The molecule has 1 aliphatic heterocycles. The third-order valence-corrected chi connectivity index (χ3v) is 5.06. The molecule has 1 heterocycles. The molecule has 1 aromatic rings. The fourth-order valence-corrected chi connectivity index (χ4v) is 3.64. The van der Waals surface area contributed by atoms with Crippen molar-refractivity contribution in [2.45, 2.75) is 24.2 Å². The van der Waals surface area contributed by atoms with E-state index < -0.39 is 10.0 Å². The molecule has 0 radical (unpaired) electrons. The first-order valence-corrected chi connectivity index (χ1v) is 8.31. The van der Waals surface area contributed by atoms with Crippen LogP contribution < -0.4 is 10.0 Å². The maximum atomic E-state index is 12.2. The second-order valence-electron chi connectivity index (χ2n) is 5.01. The van der Waals surface area contributed by atoms with Gasteiger partial charge >= 0.3 is 0 Å². The van der Waals surface area contributed by atoms with Crippen LogP contribution in [0.1, 0.15) is 24.8 Å². The van der Waals surface area contributed by atoms with Crippen molar-refractivity contribution in [3.8, 4) is 6.07 Å². The van der Waals surface area contributed by atoms with Gasteiger partial charge in [-0.05, 0) is 50.4 Å². The van der Waals surface area contributed by atoms with Crippen LogP contribution >= 0.6 is 0 Å². The minimum atomic E-state index is -3.60. The maximum Gasteiger partial charge on any atom is 0.241 e. The van der Waals surface area contributed by atoms with Gasteiger partial charge in [0.2, 0.25) is 10.0 Å². The van der Waals surface area contributed by atoms with Crippen molar-refractivity contribution in [1.82, 2.24) is 10.0 Å². The number of nitriles is 1. The Labute approximate surface area is 120 Å². The Hall–Kier alpha value is -1.42. The Kier molecular flexibility index (Phi) is 5.12. The number of sulfonamides is 1. The van der Waals surface area contributed by atoms with E-state index in [4.69, 9.17) is 5.26 Å². The topological polar surface area (TPSA) is 82.0 Å². The first-order chi connectivity index (χ1) is 9.63. The van der Waals surface area contributed by atoms with E-state index in [0.29, 0.717) is 12.5 Å². The van der Waals surface area contributed by atoms with Crippen molar-refractivity contribution >= 4 is 10.0 Å². The van der Waals surface area contributed by atoms with E-state index in [2.05, 4.69) is 10.0 Å². The molecular weight excluding hydrogens is 274 g/mol. The number of rotatable bonds is 5. The summed E-state index contributed by atoms with van der Waals surface area (Å²) in [4.78, 5) is 0.0595. The standard InChI is InChI=1S/C14H19N3O2S/c15-10-13-5-1-2-6-14(13)20(18,19)17-9-7-12-4-3-8-16-11-12/h1-2,5-6,12,16-17H,3-4,7-9,11H2. The van der Waals surface area contributed by atoms with Gasteiger partial charge in [0.15, 0.2) is 0 Å². The van der Waals surface area contributed by atoms with Crippen molar-refractivity contribution < 1.29 is 8.42 Å². The quantitative estimate of drug-likeness (QED) is 0.855. The van der Waals surface area contributed by atoms with Crippen molar-refractivity contribution in [2.75, 3.05) is 19.6 Å². The van der Waals surface area contributed by atoms with Gasteiger partial charge in [-0.3, -0.25) is 0 Å². The number of hydrogen-bond acceptors (Lipinski definition) is 4. The highest BCUT2D eigenvalue weighted by molar-refractivity contribution is 7.89. The van der Waals surface area contributed by atoms with E-state index in [1.807, 2.05) is 6.07 Å². The maximum absolute atomic E-state index is 12.2. The van der Waals surface area contributed by atoms with E-state index in [1.54, 1.807) is 12.1 Å². The van der Waals surface area contributed by atoms with Gasteiger partial charge in [-0.15, -0.1) is 0 Å². The molecule has 0 bridgehead atoms. The molecule has 108 valence electrons. The van der Waals surface area contributed by atoms with Crippen LogP contribution in [0, 0.1) is 17.2 Å².